The number of allylic oxidation sites excluding steroid dienone is 1. The molecular formula is C19H36N2O2. The fourth-order valence-electron chi connectivity index (χ4n) is 3.24. The number of carbonyl (C=O) groups excluding carboxylic acids is 2. The van der Waals surface area contributed by atoms with Gasteiger partial charge in [0.25, 0.3) is 0 Å². The lowest BCUT2D eigenvalue weighted by atomic mass is 9.79. The quantitative estimate of drug-likeness (QED) is 0.747. The van der Waals surface area contributed by atoms with Gasteiger partial charge in [0, 0.05) is 44.4 Å². The second-order valence-electron chi connectivity index (χ2n) is 6.41. The molecule has 4 heteroatoms. The molecule has 0 aromatic rings. The van der Waals surface area contributed by atoms with E-state index in [-0.39, 0.29) is 19.3 Å². The average Bonchev–Trinajstić information content (AvgIpc) is 2.55. The molecule has 2 rings (SSSR count). The van der Waals surface area contributed by atoms with E-state index in [1.54, 1.807) is 6.08 Å². The standard InChI is InChI=1S/C15H26N2O2.C3H6.CH4/c1-3-14(18)12-4-6-13(7-5-12)15(19)17-10-8-16(2)9-11-17;1-3-2;/h12-13H,3-11H2,1-2H3;3H,1H2,2H3;1H4. The van der Waals surface area contributed by atoms with Crippen molar-refractivity contribution in [2.24, 2.45) is 11.8 Å². The zero-order valence-corrected chi connectivity index (χ0v) is 14.5. The van der Waals surface area contributed by atoms with Gasteiger partial charge in [-0.3, -0.25) is 9.59 Å². The van der Waals surface area contributed by atoms with E-state index >= 15 is 0 Å². The van der Waals surface area contributed by atoms with Gasteiger partial charge in [0.15, 0.2) is 0 Å². The van der Waals surface area contributed by atoms with Gasteiger partial charge in [-0.2, -0.15) is 0 Å². The van der Waals surface area contributed by atoms with Crippen molar-refractivity contribution in [1.82, 2.24) is 9.80 Å². The van der Waals surface area contributed by atoms with Crippen LogP contribution in [0.5, 0.6) is 0 Å². The molecule has 1 amide bonds. The molecule has 1 heterocycles. The Kier molecular flexibility index (Phi) is 10.8. The number of amides is 1. The van der Waals surface area contributed by atoms with E-state index in [0.717, 1.165) is 51.9 Å². The summed E-state index contributed by atoms with van der Waals surface area (Å²) >= 11 is 0. The molecule has 23 heavy (non-hydrogen) atoms. The number of piperazine rings is 1. The fourth-order valence-corrected chi connectivity index (χ4v) is 3.24. The Morgan fingerprint density at radius 2 is 1.48 bits per heavy atom. The van der Waals surface area contributed by atoms with Crippen LogP contribution in [0.25, 0.3) is 0 Å². The maximum Gasteiger partial charge on any atom is 0.225 e. The summed E-state index contributed by atoms with van der Waals surface area (Å²) in [4.78, 5) is 28.4. The molecule has 2 fully saturated rings. The van der Waals surface area contributed by atoms with Crippen LogP contribution in [0.3, 0.4) is 0 Å². The summed E-state index contributed by atoms with van der Waals surface area (Å²) < 4.78 is 0. The van der Waals surface area contributed by atoms with Crippen LogP contribution in [0, 0.1) is 11.8 Å². The monoisotopic (exact) mass is 324 g/mol. The summed E-state index contributed by atoms with van der Waals surface area (Å²) in [6.45, 7) is 10.9. The Bertz CT molecular complexity index is 366. The highest BCUT2D eigenvalue weighted by molar-refractivity contribution is 5.82. The molecular weight excluding hydrogens is 288 g/mol. The summed E-state index contributed by atoms with van der Waals surface area (Å²) in [5.74, 6) is 1.10. The van der Waals surface area contributed by atoms with E-state index in [2.05, 4.69) is 18.5 Å². The van der Waals surface area contributed by atoms with E-state index in [1.165, 1.54) is 0 Å². The number of rotatable bonds is 3. The molecule has 0 aromatic heterocycles. The molecule has 0 N–H and O–H groups in total. The number of Topliss-reactive ketones (excluding diaryl/α,β-unsaturated/α-hetero) is 1. The van der Waals surface area contributed by atoms with E-state index in [4.69, 9.17) is 0 Å². The van der Waals surface area contributed by atoms with Crippen molar-refractivity contribution < 1.29 is 9.59 Å². The van der Waals surface area contributed by atoms with E-state index in [0.29, 0.717) is 18.1 Å². The van der Waals surface area contributed by atoms with Crippen LogP contribution >= 0.6 is 0 Å². The van der Waals surface area contributed by atoms with Crippen LogP contribution in [0.1, 0.15) is 53.4 Å². The normalized spacial score (nSPS) is 24.7. The molecule has 1 aliphatic heterocycles. The van der Waals surface area contributed by atoms with Crippen molar-refractivity contribution in [2.75, 3.05) is 33.2 Å². The number of likely N-dealkylation sites (N-methyl/N-ethyl adjacent to an activating group) is 1. The smallest absolute Gasteiger partial charge is 0.225 e. The Labute approximate surface area is 142 Å². The Morgan fingerprint density at radius 3 is 1.91 bits per heavy atom. The number of ketones is 1. The van der Waals surface area contributed by atoms with Gasteiger partial charge >= 0.3 is 0 Å². The Morgan fingerprint density at radius 1 is 1.04 bits per heavy atom. The van der Waals surface area contributed by atoms with Crippen molar-refractivity contribution in [3.8, 4) is 0 Å². The average molecular weight is 325 g/mol. The lowest BCUT2D eigenvalue weighted by molar-refractivity contribution is -0.139. The molecule has 2 aliphatic rings. The lowest BCUT2D eigenvalue weighted by Gasteiger charge is -2.36. The van der Waals surface area contributed by atoms with Crippen molar-refractivity contribution >= 4 is 11.7 Å². The van der Waals surface area contributed by atoms with Gasteiger partial charge in [-0.05, 0) is 39.7 Å². The highest BCUT2D eigenvalue weighted by Gasteiger charge is 2.32. The van der Waals surface area contributed by atoms with Gasteiger partial charge in [0.1, 0.15) is 5.78 Å². The minimum Gasteiger partial charge on any atom is -0.340 e. The van der Waals surface area contributed by atoms with Gasteiger partial charge in [0.05, 0.1) is 0 Å². The number of carbonyl (C=O) groups is 2. The first kappa shape index (κ1) is 21.8. The van der Waals surface area contributed by atoms with Gasteiger partial charge in [-0.25, -0.2) is 0 Å². The SMILES string of the molecule is C.C=CC.CCC(=O)C1CCC(C(=O)N2CCN(C)CC2)CC1. The van der Waals surface area contributed by atoms with E-state index in [9.17, 15) is 9.59 Å². The number of hydrogen-bond donors (Lipinski definition) is 0. The second kappa shape index (κ2) is 11.4. The first-order valence-corrected chi connectivity index (χ1v) is 8.60. The molecule has 0 unspecified atom stereocenters. The van der Waals surface area contributed by atoms with Gasteiger partial charge in [-0.15, -0.1) is 6.58 Å². The summed E-state index contributed by atoms with van der Waals surface area (Å²) in [5, 5.41) is 0. The molecule has 134 valence electrons. The molecule has 4 nitrogen and oxygen atoms in total. The Balaban J connectivity index is 0.00000112. The molecule has 0 atom stereocenters. The van der Waals surface area contributed by atoms with Gasteiger partial charge in [-0.1, -0.05) is 20.4 Å². The largest absolute Gasteiger partial charge is 0.340 e. The van der Waals surface area contributed by atoms with Gasteiger partial charge < -0.3 is 9.80 Å². The first-order chi connectivity index (χ1) is 10.5. The number of hydrogen-bond acceptors (Lipinski definition) is 3. The minimum atomic E-state index is 0. The fraction of sp³-hybridized carbons (Fsp3) is 0.789. The van der Waals surface area contributed by atoms with Crippen LogP contribution < -0.4 is 0 Å². The van der Waals surface area contributed by atoms with Crippen molar-refractivity contribution in [2.45, 2.75) is 53.4 Å². The third-order valence-corrected chi connectivity index (χ3v) is 4.70. The topological polar surface area (TPSA) is 40.6 Å². The molecule has 0 bridgehead atoms. The van der Waals surface area contributed by atoms with Crippen molar-refractivity contribution in [3.63, 3.8) is 0 Å². The van der Waals surface area contributed by atoms with E-state index in [1.807, 2.05) is 18.7 Å². The summed E-state index contributed by atoms with van der Waals surface area (Å²) in [5.41, 5.74) is 0. The zero-order chi connectivity index (χ0) is 16.5. The van der Waals surface area contributed by atoms with Crippen LogP contribution in [-0.2, 0) is 9.59 Å². The molecule has 0 spiro atoms. The summed E-state index contributed by atoms with van der Waals surface area (Å²) in [7, 11) is 2.10. The zero-order valence-electron chi connectivity index (χ0n) is 14.5. The van der Waals surface area contributed by atoms with Crippen LogP contribution in [0.2, 0.25) is 0 Å². The second-order valence-corrected chi connectivity index (χ2v) is 6.41. The Hall–Kier alpha value is -1.16. The maximum absolute atomic E-state index is 12.4. The minimum absolute atomic E-state index is 0. The number of nitrogens with zero attached hydrogens (tertiary/aromatic N) is 2. The van der Waals surface area contributed by atoms with Gasteiger partial charge in [0.2, 0.25) is 5.91 Å². The maximum atomic E-state index is 12.4. The third kappa shape index (κ3) is 6.86. The van der Waals surface area contributed by atoms with Crippen molar-refractivity contribution in [1.29, 1.82) is 0 Å². The van der Waals surface area contributed by atoms with Crippen molar-refractivity contribution in [3.05, 3.63) is 12.7 Å². The first-order valence-electron chi connectivity index (χ1n) is 8.60. The summed E-state index contributed by atoms with van der Waals surface area (Å²) in [6.07, 6.45) is 6.03. The highest BCUT2D eigenvalue weighted by atomic mass is 16.2. The van der Waals surface area contributed by atoms with Crippen LogP contribution in [-0.4, -0.2) is 54.7 Å². The predicted octanol–water partition coefficient (Wildman–Crippen LogP) is 3.37. The third-order valence-electron chi connectivity index (χ3n) is 4.70. The van der Waals surface area contributed by atoms with Crippen LogP contribution in [0.15, 0.2) is 12.7 Å². The molecule has 1 aliphatic carbocycles. The van der Waals surface area contributed by atoms with Crippen LogP contribution in [0.4, 0.5) is 0 Å². The molecule has 1 saturated carbocycles. The lowest BCUT2D eigenvalue weighted by Crippen LogP contribution is -2.49. The van der Waals surface area contributed by atoms with E-state index < -0.39 is 0 Å². The molecule has 0 radical (unpaired) electrons. The highest BCUT2D eigenvalue weighted by Crippen LogP contribution is 2.31. The molecule has 1 saturated heterocycles. The molecule has 0 aromatic carbocycles. The predicted molar refractivity (Wildman–Crippen MR) is 97.4 cm³/mol. The summed E-state index contributed by atoms with van der Waals surface area (Å²) in [6, 6.07) is 0.